The van der Waals surface area contributed by atoms with E-state index in [1.165, 1.54) is 6.20 Å². The summed E-state index contributed by atoms with van der Waals surface area (Å²) >= 11 is 0. The highest BCUT2D eigenvalue weighted by molar-refractivity contribution is 5.96. The number of aromatic nitrogens is 5. The molecule has 0 atom stereocenters. The van der Waals surface area contributed by atoms with E-state index in [1.54, 1.807) is 25.3 Å². The SMILES string of the molecule is CCn1c(-c2nonc2NC(=O)OC(C)(C)C)nc2c(-c3ccccc3)ncc(O)c21. The predicted molar refractivity (Wildman–Crippen MR) is 113 cm³/mol. The topological polar surface area (TPSA) is 128 Å². The first kappa shape index (κ1) is 20.3. The van der Waals surface area contributed by atoms with Crippen LogP contribution in [0.5, 0.6) is 5.75 Å². The zero-order chi connectivity index (χ0) is 22.2. The minimum Gasteiger partial charge on any atom is -0.504 e. The van der Waals surface area contributed by atoms with Crippen LogP contribution >= 0.6 is 0 Å². The number of amides is 1. The van der Waals surface area contributed by atoms with E-state index < -0.39 is 11.7 Å². The number of hydrogen-bond acceptors (Lipinski definition) is 8. The van der Waals surface area contributed by atoms with Gasteiger partial charge in [0.15, 0.2) is 17.3 Å². The number of imidazole rings is 1. The number of pyridine rings is 1. The van der Waals surface area contributed by atoms with Crippen LogP contribution in [0.1, 0.15) is 27.7 Å². The molecular weight excluding hydrogens is 400 g/mol. The number of ether oxygens (including phenoxy) is 1. The summed E-state index contributed by atoms with van der Waals surface area (Å²) in [4.78, 5) is 21.3. The van der Waals surface area contributed by atoms with Gasteiger partial charge in [-0.3, -0.25) is 5.32 Å². The molecule has 10 nitrogen and oxygen atoms in total. The van der Waals surface area contributed by atoms with E-state index in [9.17, 15) is 9.90 Å². The molecule has 1 aromatic carbocycles. The fourth-order valence-electron chi connectivity index (χ4n) is 3.24. The molecule has 3 aromatic heterocycles. The molecule has 4 rings (SSSR count). The van der Waals surface area contributed by atoms with Gasteiger partial charge in [-0.05, 0) is 38.0 Å². The number of nitrogens with zero attached hydrogens (tertiary/aromatic N) is 5. The summed E-state index contributed by atoms with van der Waals surface area (Å²) in [6.07, 6.45) is 0.696. The summed E-state index contributed by atoms with van der Waals surface area (Å²) in [5.41, 5.74) is 1.99. The molecule has 0 bridgehead atoms. The van der Waals surface area contributed by atoms with Crippen molar-refractivity contribution >= 4 is 22.9 Å². The maximum Gasteiger partial charge on any atom is 0.413 e. The first-order chi connectivity index (χ1) is 14.8. The normalized spacial score (nSPS) is 11.6. The second-order valence-corrected chi connectivity index (χ2v) is 7.82. The Hall–Kier alpha value is -3.95. The van der Waals surface area contributed by atoms with E-state index in [0.29, 0.717) is 29.1 Å². The lowest BCUT2D eigenvalue weighted by Crippen LogP contribution is -2.27. The largest absolute Gasteiger partial charge is 0.504 e. The molecule has 0 aliphatic carbocycles. The van der Waals surface area contributed by atoms with Crippen LogP contribution in [0.4, 0.5) is 10.6 Å². The van der Waals surface area contributed by atoms with Crippen LogP contribution in [-0.2, 0) is 11.3 Å². The Morgan fingerprint density at radius 2 is 1.94 bits per heavy atom. The van der Waals surface area contributed by atoms with Gasteiger partial charge in [-0.1, -0.05) is 30.3 Å². The lowest BCUT2D eigenvalue weighted by atomic mass is 10.1. The standard InChI is InChI=1S/C21H22N6O4/c1-5-27-17-13(28)11-22-14(12-9-7-6-8-10-12)15(17)23-19(27)16-18(26-31-25-16)24-20(29)30-21(2,3)4/h6-11,28H,5H2,1-4H3,(H,24,26,29). The molecule has 0 unspecified atom stereocenters. The van der Waals surface area contributed by atoms with Gasteiger partial charge < -0.3 is 14.4 Å². The average Bonchev–Trinajstić information content (AvgIpc) is 3.31. The molecule has 10 heteroatoms. The van der Waals surface area contributed by atoms with Gasteiger partial charge in [-0.15, -0.1) is 0 Å². The Morgan fingerprint density at radius 3 is 2.61 bits per heavy atom. The molecule has 2 N–H and O–H groups in total. The molecule has 0 aliphatic rings. The van der Waals surface area contributed by atoms with Gasteiger partial charge in [0.2, 0.25) is 5.82 Å². The van der Waals surface area contributed by atoms with Crippen molar-refractivity contribution in [3.63, 3.8) is 0 Å². The van der Waals surface area contributed by atoms with Crippen molar-refractivity contribution in [1.82, 2.24) is 24.8 Å². The minimum atomic E-state index is -0.696. The fraction of sp³-hybridized carbons (Fsp3) is 0.286. The highest BCUT2D eigenvalue weighted by atomic mass is 16.6. The molecule has 0 aliphatic heterocycles. The van der Waals surface area contributed by atoms with Gasteiger partial charge in [-0.25, -0.2) is 19.4 Å². The smallest absolute Gasteiger partial charge is 0.413 e. The molecule has 0 spiro atoms. The molecule has 160 valence electrons. The van der Waals surface area contributed by atoms with Crippen molar-refractivity contribution in [2.45, 2.75) is 39.8 Å². The average molecular weight is 422 g/mol. The summed E-state index contributed by atoms with van der Waals surface area (Å²) in [6, 6.07) is 9.54. The summed E-state index contributed by atoms with van der Waals surface area (Å²) in [5, 5.41) is 20.8. The van der Waals surface area contributed by atoms with Gasteiger partial charge in [-0.2, -0.15) is 0 Å². The molecule has 0 saturated carbocycles. The molecule has 31 heavy (non-hydrogen) atoms. The van der Waals surface area contributed by atoms with E-state index in [2.05, 4.69) is 20.6 Å². The number of fused-ring (bicyclic) bond motifs is 1. The van der Waals surface area contributed by atoms with E-state index in [4.69, 9.17) is 14.3 Å². The van der Waals surface area contributed by atoms with Gasteiger partial charge in [0, 0.05) is 12.1 Å². The van der Waals surface area contributed by atoms with Crippen LogP contribution in [0.15, 0.2) is 41.2 Å². The number of benzene rings is 1. The summed E-state index contributed by atoms with van der Waals surface area (Å²) in [7, 11) is 0. The number of aromatic hydroxyl groups is 1. The highest BCUT2D eigenvalue weighted by Crippen LogP contribution is 2.36. The third-order valence-electron chi connectivity index (χ3n) is 4.43. The number of rotatable bonds is 4. The fourth-order valence-corrected chi connectivity index (χ4v) is 3.24. The summed E-state index contributed by atoms with van der Waals surface area (Å²) < 4.78 is 11.9. The second kappa shape index (κ2) is 7.71. The van der Waals surface area contributed by atoms with E-state index >= 15 is 0 Å². The maximum absolute atomic E-state index is 12.2. The van der Waals surface area contributed by atoms with Crippen LogP contribution < -0.4 is 5.32 Å². The van der Waals surface area contributed by atoms with Crippen molar-refractivity contribution in [3.05, 3.63) is 36.5 Å². The van der Waals surface area contributed by atoms with Crippen LogP contribution in [0.3, 0.4) is 0 Å². The lowest BCUT2D eigenvalue weighted by Gasteiger charge is -2.19. The Balaban J connectivity index is 1.84. The Bertz CT molecular complexity index is 1240. The highest BCUT2D eigenvalue weighted by Gasteiger charge is 2.26. The van der Waals surface area contributed by atoms with Gasteiger partial charge in [0.05, 0.1) is 11.9 Å². The number of nitrogens with one attached hydrogen (secondary N) is 1. The number of carbonyl (C=O) groups excluding carboxylic acids is 1. The van der Waals surface area contributed by atoms with Gasteiger partial charge in [0.25, 0.3) is 0 Å². The molecular formula is C21H22N6O4. The minimum absolute atomic E-state index is 0.0200. The summed E-state index contributed by atoms with van der Waals surface area (Å²) in [5.74, 6) is 0.409. The van der Waals surface area contributed by atoms with Crippen molar-refractivity contribution in [2.24, 2.45) is 0 Å². The molecule has 4 aromatic rings. The molecule has 0 radical (unpaired) electrons. The van der Waals surface area contributed by atoms with Crippen molar-refractivity contribution < 1.29 is 19.3 Å². The number of aryl methyl sites for hydroxylation is 1. The van der Waals surface area contributed by atoms with Crippen molar-refractivity contribution in [3.8, 4) is 28.5 Å². The zero-order valence-electron chi connectivity index (χ0n) is 17.6. The first-order valence-corrected chi connectivity index (χ1v) is 9.75. The Labute approximate surface area is 177 Å². The molecule has 0 fully saturated rings. The lowest BCUT2D eigenvalue weighted by molar-refractivity contribution is 0.0634. The monoisotopic (exact) mass is 422 g/mol. The Kier molecular flexibility index (Phi) is 5.05. The number of hydrogen-bond donors (Lipinski definition) is 2. The van der Waals surface area contributed by atoms with Crippen LogP contribution in [0.2, 0.25) is 0 Å². The van der Waals surface area contributed by atoms with E-state index in [1.807, 2.05) is 37.3 Å². The van der Waals surface area contributed by atoms with Crippen LogP contribution in [-0.4, -0.2) is 41.6 Å². The third kappa shape index (κ3) is 3.91. The van der Waals surface area contributed by atoms with Gasteiger partial charge >= 0.3 is 6.09 Å². The van der Waals surface area contributed by atoms with Crippen LogP contribution in [0.25, 0.3) is 33.8 Å². The third-order valence-corrected chi connectivity index (χ3v) is 4.43. The first-order valence-electron chi connectivity index (χ1n) is 9.75. The van der Waals surface area contributed by atoms with E-state index in [-0.39, 0.29) is 17.3 Å². The Morgan fingerprint density at radius 1 is 1.19 bits per heavy atom. The molecule has 1 amide bonds. The van der Waals surface area contributed by atoms with E-state index in [0.717, 1.165) is 5.56 Å². The van der Waals surface area contributed by atoms with Gasteiger partial charge in [0.1, 0.15) is 16.6 Å². The van der Waals surface area contributed by atoms with Crippen molar-refractivity contribution in [2.75, 3.05) is 5.32 Å². The van der Waals surface area contributed by atoms with Crippen LogP contribution in [0, 0.1) is 0 Å². The number of anilines is 1. The second-order valence-electron chi connectivity index (χ2n) is 7.82. The quantitative estimate of drug-likeness (QED) is 0.500. The summed E-state index contributed by atoms with van der Waals surface area (Å²) in [6.45, 7) is 7.64. The maximum atomic E-state index is 12.2. The molecule has 3 heterocycles. The zero-order valence-corrected chi connectivity index (χ0v) is 17.6. The predicted octanol–water partition coefficient (Wildman–Crippen LogP) is 4.22. The molecule has 0 saturated heterocycles. The van der Waals surface area contributed by atoms with Crippen molar-refractivity contribution in [1.29, 1.82) is 0 Å². The number of carbonyl (C=O) groups is 1.